The lowest BCUT2D eigenvalue weighted by molar-refractivity contribution is -0.134. The standard InChI is InChI=1S/C21H33N3O2/c1-18-5-7-19(8-6-18)14-22(2)17-21(25)24-9-3-4-20(16-24)15-23-10-12-26-13-11-23/h5-8,20H,3-4,9-17H2,1-2H3/t20-/m1/s1. The fraction of sp³-hybridized carbons (Fsp3) is 0.667. The Morgan fingerprint density at radius 1 is 1.19 bits per heavy atom. The number of morpholine rings is 1. The van der Waals surface area contributed by atoms with Crippen molar-refractivity contribution in [3.63, 3.8) is 0 Å². The van der Waals surface area contributed by atoms with E-state index < -0.39 is 0 Å². The van der Waals surface area contributed by atoms with Crippen LogP contribution in [0, 0.1) is 12.8 Å². The summed E-state index contributed by atoms with van der Waals surface area (Å²) in [7, 11) is 2.03. The summed E-state index contributed by atoms with van der Waals surface area (Å²) in [5.74, 6) is 0.875. The molecule has 0 bridgehead atoms. The average Bonchev–Trinajstić information content (AvgIpc) is 2.64. The number of carbonyl (C=O) groups is 1. The molecule has 0 spiro atoms. The van der Waals surface area contributed by atoms with Crippen molar-refractivity contribution >= 4 is 5.91 Å². The van der Waals surface area contributed by atoms with Gasteiger partial charge in [0, 0.05) is 39.3 Å². The fourth-order valence-electron chi connectivity index (χ4n) is 3.98. The highest BCUT2D eigenvalue weighted by atomic mass is 16.5. The number of nitrogens with zero attached hydrogens (tertiary/aromatic N) is 3. The lowest BCUT2D eigenvalue weighted by Crippen LogP contribution is -2.48. The SMILES string of the molecule is Cc1ccc(CN(C)CC(=O)N2CCC[C@H](CN3CCOCC3)C2)cc1. The number of piperidine rings is 1. The molecule has 2 fully saturated rings. The number of hydrogen-bond donors (Lipinski definition) is 0. The first-order valence-corrected chi connectivity index (χ1v) is 9.92. The van der Waals surface area contributed by atoms with E-state index in [-0.39, 0.29) is 5.91 Å². The zero-order valence-corrected chi connectivity index (χ0v) is 16.3. The molecule has 5 nitrogen and oxygen atoms in total. The van der Waals surface area contributed by atoms with Crippen molar-refractivity contribution in [2.75, 3.05) is 59.5 Å². The normalized spacial score (nSPS) is 22.0. The van der Waals surface area contributed by atoms with Crippen LogP contribution in [0.1, 0.15) is 24.0 Å². The minimum atomic E-state index is 0.270. The van der Waals surface area contributed by atoms with Gasteiger partial charge in [-0.25, -0.2) is 0 Å². The highest BCUT2D eigenvalue weighted by Crippen LogP contribution is 2.19. The van der Waals surface area contributed by atoms with E-state index in [1.807, 2.05) is 7.05 Å². The predicted octanol–water partition coefficient (Wildman–Crippen LogP) is 2.00. The Hall–Kier alpha value is -1.43. The maximum absolute atomic E-state index is 12.7. The van der Waals surface area contributed by atoms with Crippen LogP contribution in [-0.4, -0.2) is 80.1 Å². The maximum Gasteiger partial charge on any atom is 0.236 e. The van der Waals surface area contributed by atoms with E-state index in [0.717, 1.165) is 58.9 Å². The van der Waals surface area contributed by atoms with Crippen LogP contribution in [0.25, 0.3) is 0 Å². The second-order valence-corrected chi connectivity index (χ2v) is 7.92. The molecule has 2 saturated heterocycles. The molecule has 0 unspecified atom stereocenters. The van der Waals surface area contributed by atoms with Crippen LogP contribution < -0.4 is 0 Å². The number of ether oxygens (including phenoxy) is 1. The Bertz CT molecular complexity index is 569. The van der Waals surface area contributed by atoms with Gasteiger partial charge < -0.3 is 9.64 Å². The molecule has 3 rings (SSSR count). The molecule has 1 aromatic carbocycles. The molecule has 26 heavy (non-hydrogen) atoms. The average molecular weight is 360 g/mol. The lowest BCUT2D eigenvalue weighted by Gasteiger charge is -2.37. The first-order valence-electron chi connectivity index (χ1n) is 9.92. The largest absolute Gasteiger partial charge is 0.379 e. The summed E-state index contributed by atoms with van der Waals surface area (Å²) in [6.07, 6.45) is 2.36. The third-order valence-corrected chi connectivity index (χ3v) is 5.47. The molecule has 2 aliphatic rings. The van der Waals surface area contributed by atoms with Crippen molar-refractivity contribution in [2.45, 2.75) is 26.3 Å². The highest BCUT2D eigenvalue weighted by Gasteiger charge is 2.26. The third kappa shape index (κ3) is 5.79. The molecule has 0 aliphatic carbocycles. The van der Waals surface area contributed by atoms with Crippen molar-refractivity contribution in [3.05, 3.63) is 35.4 Å². The van der Waals surface area contributed by atoms with E-state index in [1.165, 1.54) is 17.5 Å². The summed E-state index contributed by atoms with van der Waals surface area (Å²) >= 11 is 0. The monoisotopic (exact) mass is 359 g/mol. The Balaban J connectivity index is 1.44. The molecular formula is C21H33N3O2. The zero-order chi connectivity index (χ0) is 18.4. The molecule has 0 saturated carbocycles. The first-order chi connectivity index (χ1) is 12.6. The Kier molecular flexibility index (Phi) is 7.06. The van der Waals surface area contributed by atoms with Crippen LogP contribution in [0.15, 0.2) is 24.3 Å². The number of carbonyl (C=O) groups excluding carboxylic acids is 1. The summed E-state index contributed by atoms with van der Waals surface area (Å²) in [4.78, 5) is 19.4. The topological polar surface area (TPSA) is 36.0 Å². The zero-order valence-electron chi connectivity index (χ0n) is 16.3. The van der Waals surface area contributed by atoms with Crippen LogP contribution in [-0.2, 0) is 16.1 Å². The molecule has 0 aromatic heterocycles. The third-order valence-electron chi connectivity index (χ3n) is 5.47. The van der Waals surface area contributed by atoms with E-state index in [1.54, 1.807) is 0 Å². The summed E-state index contributed by atoms with van der Waals surface area (Å²) < 4.78 is 5.44. The van der Waals surface area contributed by atoms with E-state index in [9.17, 15) is 4.79 Å². The van der Waals surface area contributed by atoms with Gasteiger partial charge in [0.15, 0.2) is 0 Å². The Morgan fingerprint density at radius 2 is 1.92 bits per heavy atom. The first kappa shape index (κ1) is 19.3. The second kappa shape index (κ2) is 9.49. The molecule has 0 radical (unpaired) electrons. The number of likely N-dealkylation sites (N-methyl/N-ethyl adjacent to an activating group) is 1. The molecule has 5 heteroatoms. The van der Waals surface area contributed by atoms with Crippen LogP contribution in [0.3, 0.4) is 0 Å². The molecule has 1 atom stereocenters. The smallest absolute Gasteiger partial charge is 0.236 e. The Morgan fingerprint density at radius 3 is 2.65 bits per heavy atom. The minimum Gasteiger partial charge on any atom is -0.379 e. The number of hydrogen-bond acceptors (Lipinski definition) is 4. The van der Waals surface area contributed by atoms with Gasteiger partial charge in [0.1, 0.15) is 0 Å². The second-order valence-electron chi connectivity index (χ2n) is 7.92. The fourth-order valence-corrected chi connectivity index (χ4v) is 3.98. The summed E-state index contributed by atoms with van der Waals surface area (Å²) in [5, 5.41) is 0. The molecule has 0 N–H and O–H groups in total. The number of likely N-dealkylation sites (tertiary alicyclic amines) is 1. The van der Waals surface area contributed by atoms with E-state index in [0.29, 0.717) is 12.5 Å². The number of amides is 1. The van der Waals surface area contributed by atoms with Crippen LogP contribution in [0.4, 0.5) is 0 Å². The van der Waals surface area contributed by atoms with Crippen LogP contribution in [0.5, 0.6) is 0 Å². The highest BCUT2D eigenvalue weighted by molar-refractivity contribution is 5.78. The predicted molar refractivity (Wildman–Crippen MR) is 104 cm³/mol. The number of benzene rings is 1. The van der Waals surface area contributed by atoms with Gasteiger partial charge in [-0.3, -0.25) is 14.6 Å². The minimum absolute atomic E-state index is 0.270. The van der Waals surface area contributed by atoms with Gasteiger partial charge in [0.25, 0.3) is 0 Å². The number of aryl methyl sites for hydroxylation is 1. The maximum atomic E-state index is 12.7. The quantitative estimate of drug-likeness (QED) is 0.778. The number of rotatable bonds is 6. The van der Waals surface area contributed by atoms with Crippen molar-refractivity contribution in [3.8, 4) is 0 Å². The van der Waals surface area contributed by atoms with Crippen molar-refractivity contribution < 1.29 is 9.53 Å². The van der Waals surface area contributed by atoms with Crippen LogP contribution in [0.2, 0.25) is 0 Å². The molecular weight excluding hydrogens is 326 g/mol. The Labute approximate surface area is 157 Å². The molecule has 2 aliphatic heterocycles. The van der Waals surface area contributed by atoms with Gasteiger partial charge in [-0.1, -0.05) is 29.8 Å². The van der Waals surface area contributed by atoms with Crippen molar-refractivity contribution in [1.82, 2.24) is 14.7 Å². The van der Waals surface area contributed by atoms with Crippen molar-refractivity contribution in [1.29, 1.82) is 0 Å². The van der Waals surface area contributed by atoms with Gasteiger partial charge in [-0.2, -0.15) is 0 Å². The van der Waals surface area contributed by atoms with Gasteiger partial charge in [-0.15, -0.1) is 0 Å². The lowest BCUT2D eigenvalue weighted by atomic mass is 9.97. The van der Waals surface area contributed by atoms with E-state index >= 15 is 0 Å². The summed E-state index contributed by atoms with van der Waals surface area (Å²) in [6, 6.07) is 8.56. The van der Waals surface area contributed by atoms with E-state index in [2.05, 4.69) is 45.9 Å². The van der Waals surface area contributed by atoms with E-state index in [4.69, 9.17) is 4.74 Å². The van der Waals surface area contributed by atoms with Crippen molar-refractivity contribution in [2.24, 2.45) is 5.92 Å². The summed E-state index contributed by atoms with van der Waals surface area (Å²) in [6.45, 7) is 10.1. The summed E-state index contributed by atoms with van der Waals surface area (Å²) in [5.41, 5.74) is 2.53. The van der Waals surface area contributed by atoms with Gasteiger partial charge in [0.2, 0.25) is 5.91 Å². The van der Waals surface area contributed by atoms with Gasteiger partial charge in [0.05, 0.1) is 19.8 Å². The van der Waals surface area contributed by atoms with Gasteiger partial charge >= 0.3 is 0 Å². The van der Waals surface area contributed by atoms with Gasteiger partial charge in [-0.05, 0) is 38.3 Å². The molecule has 1 amide bonds. The van der Waals surface area contributed by atoms with Crippen LogP contribution >= 0.6 is 0 Å². The molecule has 144 valence electrons. The molecule has 2 heterocycles. The molecule has 1 aromatic rings.